The number of nitrogens with one attached hydrogen (secondary N) is 1. The maximum absolute atomic E-state index is 6.10. The van der Waals surface area contributed by atoms with Crippen molar-refractivity contribution in [2.45, 2.75) is 6.92 Å². The Kier molecular flexibility index (Phi) is 2.50. The van der Waals surface area contributed by atoms with Gasteiger partial charge >= 0.3 is 0 Å². The van der Waals surface area contributed by atoms with Gasteiger partial charge in [-0.05, 0) is 36.8 Å². The average molecular weight is 241 g/mol. The molecule has 6 heteroatoms. The molecule has 4 nitrogen and oxygen atoms in total. The van der Waals surface area contributed by atoms with E-state index in [2.05, 4.69) is 10.2 Å². The number of nitrogens with two attached hydrogens (primary N) is 1. The molecule has 0 radical (unpaired) electrons. The lowest BCUT2D eigenvalue weighted by molar-refractivity contribution is 1.04. The van der Waals surface area contributed by atoms with Crippen LogP contribution in [0.1, 0.15) is 5.56 Å². The number of aromatic amines is 1. The number of benzene rings is 1. The number of anilines is 1. The Morgan fingerprint density at radius 3 is 2.80 bits per heavy atom. The molecule has 0 fully saturated rings. The van der Waals surface area contributed by atoms with Gasteiger partial charge in [0.05, 0.1) is 10.7 Å². The Labute approximate surface area is 96.7 Å². The zero-order valence-electron chi connectivity index (χ0n) is 7.99. The summed E-state index contributed by atoms with van der Waals surface area (Å²) in [5.41, 5.74) is 7.49. The van der Waals surface area contributed by atoms with Crippen molar-refractivity contribution in [3.05, 3.63) is 33.6 Å². The van der Waals surface area contributed by atoms with Gasteiger partial charge in [0.15, 0.2) is 0 Å². The predicted octanol–water partition coefficient (Wildman–Crippen LogP) is 2.47. The minimum atomic E-state index is 0.297. The lowest BCUT2D eigenvalue weighted by Crippen LogP contribution is -2.01. The van der Waals surface area contributed by atoms with E-state index >= 15 is 0 Å². The van der Waals surface area contributed by atoms with Crippen molar-refractivity contribution in [2.75, 3.05) is 5.73 Å². The fourth-order valence-electron chi connectivity index (χ4n) is 1.34. The van der Waals surface area contributed by atoms with Gasteiger partial charge in [0.25, 0.3) is 0 Å². The highest BCUT2D eigenvalue weighted by atomic mass is 35.5. The van der Waals surface area contributed by atoms with Crippen LogP contribution in [-0.4, -0.2) is 14.8 Å². The van der Waals surface area contributed by atoms with E-state index in [1.165, 1.54) is 0 Å². The van der Waals surface area contributed by atoms with Gasteiger partial charge in [-0.25, -0.2) is 5.10 Å². The van der Waals surface area contributed by atoms with Crippen molar-refractivity contribution in [1.82, 2.24) is 14.8 Å². The molecule has 15 heavy (non-hydrogen) atoms. The molecule has 0 amide bonds. The topological polar surface area (TPSA) is 59.6 Å². The highest BCUT2D eigenvalue weighted by Gasteiger charge is 2.08. The number of H-pyrrole nitrogens is 1. The lowest BCUT2D eigenvalue weighted by atomic mass is 10.2. The SMILES string of the molecule is Cc1ccc(-n2c(N)n[nH]c2=S)c(Cl)c1. The first-order valence-electron chi connectivity index (χ1n) is 4.29. The van der Waals surface area contributed by atoms with Crippen LogP contribution < -0.4 is 5.73 Å². The number of aromatic nitrogens is 3. The normalized spacial score (nSPS) is 10.5. The second-order valence-corrected chi connectivity index (χ2v) is 3.97. The molecule has 2 rings (SSSR count). The summed E-state index contributed by atoms with van der Waals surface area (Å²) in [4.78, 5) is 0. The number of rotatable bonds is 1. The molecule has 0 saturated heterocycles. The zero-order valence-corrected chi connectivity index (χ0v) is 9.56. The largest absolute Gasteiger partial charge is 0.368 e. The Bertz CT molecular complexity index is 557. The van der Waals surface area contributed by atoms with Crippen LogP contribution in [0.4, 0.5) is 5.95 Å². The third kappa shape index (κ3) is 1.75. The first-order valence-corrected chi connectivity index (χ1v) is 5.07. The predicted molar refractivity (Wildman–Crippen MR) is 62.9 cm³/mol. The van der Waals surface area contributed by atoms with E-state index in [1.54, 1.807) is 4.57 Å². The molecule has 1 aromatic carbocycles. The second-order valence-electron chi connectivity index (χ2n) is 3.18. The van der Waals surface area contributed by atoms with E-state index < -0.39 is 0 Å². The van der Waals surface area contributed by atoms with Crippen molar-refractivity contribution in [2.24, 2.45) is 0 Å². The van der Waals surface area contributed by atoms with E-state index in [1.807, 2.05) is 25.1 Å². The van der Waals surface area contributed by atoms with Crippen molar-refractivity contribution >= 4 is 29.8 Å². The molecular formula is C9H9ClN4S. The highest BCUT2D eigenvalue weighted by Crippen LogP contribution is 2.23. The van der Waals surface area contributed by atoms with Gasteiger partial charge in [-0.2, -0.15) is 0 Å². The molecule has 2 aromatic rings. The van der Waals surface area contributed by atoms with Gasteiger partial charge in [-0.3, -0.25) is 4.57 Å². The number of halogens is 1. The van der Waals surface area contributed by atoms with Crippen LogP contribution in [-0.2, 0) is 0 Å². The Hall–Kier alpha value is -1.33. The second kappa shape index (κ2) is 3.67. The standard InChI is InChI=1S/C9H9ClN4S/c1-5-2-3-7(6(10)4-5)14-8(11)12-13-9(14)15/h2-4H,1H3,(H2,11,12)(H,13,15). The summed E-state index contributed by atoms with van der Waals surface area (Å²) < 4.78 is 2.02. The molecule has 0 aliphatic carbocycles. The van der Waals surface area contributed by atoms with Crippen LogP contribution in [0.15, 0.2) is 18.2 Å². The highest BCUT2D eigenvalue weighted by molar-refractivity contribution is 7.71. The van der Waals surface area contributed by atoms with Crippen LogP contribution in [0.2, 0.25) is 5.02 Å². The smallest absolute Gasteiger partial charge is 0.225 e. The first kappa shape index (κ1) is 10.2. The zero-order chi connectivity index (χ0) is 11.0. The maximum atomic E-state index is 6.10. The minimum Gasteiger partial charge on any atom is -0.368 e. The molecule has 1 aromatic heterocycles. The van der Waals surface area contributed by atoms with Crippen molar-refractivity contribution in [1.29, 1.82) is 0 Å². The quantitative estimate of drug-likeness (QED) is 0.753. The number of hydrogen-bond acceptors (Lipinski definition) is 3. The number of hydrogen-bond donors (Lipinski definition) is 2. The van der Waals surface area contributed by atoms with Crippen LogP contribution in [0, 0.1) is 11.7 Å². The summed E-state index contributed by atoms with van der Waals surface area (Å²) in [7, 11) is 0. The third-order valence-corrected chi connectivity index (χ3v) is 2.62. The number of aryl methyl sites for hydroxylation is 1. The molecule has 3 N–H and O–H groups in total. The fourth-order valence-corrected chi connectivity index (χ4v) is 1.89. The monoisotopic (exact) mass is 240 g/mol. The summed E-state index contributed by atoms with van der Waals surface area (Å²) in [5, 5.41) is 7.03. The fraction of sp³-hybridized carbons (Fsp3) is 0.111. The van der Waals surface area contributed by atoms with Crippen LogP contribution in [0.3, 0.4) is 0 Å². The van der Waals surface area contributed by atoms with E-state index in [9.17, 15) is 0 Å². The number of nitrogens with zero attached hydrogens (tertiary/aromatic N) is 2. The Morgan fingerprint density at radius 2 is 2.27 bits per heavy atom. The lowest BCUT2D eigenvalue weighted by Gasteiger charge is -2.06. The van der Waals surface area contributed by atoms with Gasteiger partial charge in [-0.1, -0.05) is 17.7 Å². The van der Waals surface area contributed by atoms with Gasteiger partial charge in [-0.15, -0.1) is 5.10 Å². The Morgan fingerprint density at radius 1 is 1.53 bits per heavy atom. The summed E-state index contributed by atoms with van der Waals surface area (Å²) >= 11 is 11.2. The molecule has 0 spiro atoms. The molecule has 0 saturated carbocycles. The van der Waals surface area contributed by atoms with Crippen molar-refractivity contribution in [3.63, 3.8) is 0 Å². The van der Waals surface area contributed by atoms with Gasteiger partial charge < -0.3 is 5.73 Å². The summed E-state index contributed by atoms with van der Waals surface area (Å²) in [5.74, 6) is 0.297. The van der Waals surface area contributed by atoms with E-state index in [4.69, 9.17) is 29.6 Å². The van der Waals surface area contributed by atoms with Crippen LogP contribution in [0.25, 0.3) is 5.69 Å². The minimum absolute atomic E-state index is 0.297. The average Bonchev–Trinajstić information content (AvgIpc) is 2.48. The summed E-state index contributed by atoms with van der Waals surface area (Å²) in [6.45, 7) is 1.97. The van der Waals surface area contributed by atoms with Crippen LogP contribution >= 0.6 is 23.8 Å². The summed E-state index contributed by atoms with van der Waals surface area (Å²) in [6, 6.07) is 5.65. The summed E-state index contributed by atoms with van der Waals surface area (Å²) in [6.07, 6.45) is 0. The molecule has 0 aliphatic heterocycles. The molecule has 78 valence electrons. The van der Waals surface area contributed by atoms with E-state index in [0.29, 0.717) is 15.7 Å². The molecule has 0 unspecified atom stereocenters. The van der Waals surface area contributed by atoms with Gasteiger partial charge in [0.2, 0.25) is 10.7 Å². The van der Waals surface area contributed by atoms with Crippen molar-refractivity contribution < 1.29 is 0 Å². The molecular weight excluding hydrogens is 232 g/mol. The molecule has 0 aliphatic rings. The first-order chi connectivity index (χ1) is 7.09. The van der Waals surface area contributed by atoms with E-state index in [0.717, 1.165) is 11.3 Å². The third-order valence-electron chi connectivity index (χ3n) is 2.04. The van der Waals surface area contributed by atoms with Crippen molar-refractivity contribution in [3.8, 4) is 5.69 Å². The van der Waals surface area contributed by atoms with Gasteiger partial charge in [0, 0.05) is 0 Å². The number of nitrogen functional groups attached to an aromatic ring is 1. The maximum Gasteiger partial charge on any atom is 0.225 e. The van der Waals surface area contributed by atoms with E-state index in [-0.39, 0.29) is 0 Å². The molecule has 1 heterocycles. The molecule has 0 atom stereocenters. The molecule has 0 bridgehead atoms. The van der Waals surface area contributed by atoms with Crippen LogP contribution in [0.5, 0.6) is 0 Å². The van der Waals surface area contributed by atoms with Gasteiger partial charge in [0.1, 0.15) is 0 Å². The Balaban J connectivity index is 2.69.